The van der Waals surface area contributed by atoms with Crippen LogP contribution in [0.15, 0.2) is 70.9 Å². The van der Waals surface area contributed by atoms with Gasteiger partial charge >= 0.3 is 11.8 Å². The normalized spacial score (nSPS) is 12.1. The fourth-order valence-electron chi connectivity index (χ4n) is 3.04. The largest absolute Gasteiger partial charge is 0.497 e. The zero-order valence-electron chi connectivity index (χ0n) is 17.7. The maximum atomic E-state index is 13.2. The fraction of sp³-hybridized carbons (Fsp3) is 0.217. The van der Waals surface area contributed by atoms with Crippen molar-refractivity contribution in [1.82, 2.24) is 10.6 Å². The number of rotatable bonds is 8. The van der Waals surface area contributed by atoms with Gasteiger partial charge in [-0.2, -0.15) is 0 Å². The molecule has 1 heterocycles. The van der Waals surface area contributed by atoms with Crippen molar-refractivity contribution in [3.05, 3.63) is 82.0 Å². The highest BCUT2D eigenvalue weighted by atomic mass is 32.2. The third-order valence-electron chi connectivity index (χ3n) is 4.83. The van der Waals surface area contributed by atoms with E-state index in [9.17, 15) is 18.0 Å². The minimum absolute atomic E-state index is 0.138. The highest BCUT2D eigenvalue weighted by Gasteiger charge is 2.31. The maximum Gasteiger partial charge on any atom is 0.309 e. The van der Waals surface area contributed by atoms with Crippen LogP contribution in [0.25, 0.3) is 0 Å². The topological polar surface area (TPSA) is 102 Å². The molecule has 0 radical (unpaired) electrons. The van der Waals surface area contributed by atoms with Gasteiger partial charge in [-0.25, -0.2) is 8.42 Å². The lowest BCUT2D eigenvalue weighted by Crippen LogP contribution is -2.42. The van der Waals surface area contributed by atoms with Crippen LogP contribution in [0.5, 0.6) is 5.75 Å². The monoisotopic (exact) mass is 472 g/mol. The molecule has 2 aromatic carbocycles. The molecular weight excluding hydrogens is 448 g/mol. The number of carbonyl (C=O) groups excluding carboxylic acids is 2. The van der Waals surface area contributed by atoms with E-state index in [-0.39, 0.29) is 18.0 Å². The Hall–Kier alpha value is -3.17. The van der Waals surface area contributed by atoms with Gasteiger partial charge in [-0.05, 0) is 48.2 Å². The Morgan fingerprint density at radius 1 is 1.00 bits per heavy atom. The first kappa shape index (κ1) is 23.5. The molecule has 0 aliphatic rings. The highest BCUT2D eigenvalue weighted by Crippen LogP contribution is 2.31. The van der Waals surface area contributed by atoms with Gasteiger partial charge in [-0.15, -0.1) is 11.3 Å². The van der Waals surface area contributed by atoms with Crippen molar-refractivity contribution in [3.8, 4) is 5.75 Å². The minimum atomic E-state index is -3.78. The number of hydrogen-bond donors (Lipinski definition) is 2. The van der Waals surface area contributed by atoms with E-state index in [1.54, 1.807) is 73.2 Å². The summed E-state index contributed by atoms with van der Waals surface area (Å²) >= 11 is 1.28. The zero-order valence-corrected chi connectivity index (χ0v) is 19.3. The predicted octanol–water partition coefficient (Wildman–Crippen LogP) is 3.01. The van der Waals surface area contributed by atoms with Crippen molar-refractivity contribution in [2.45, 2.75) is 23.6 Å². The second-order valence-electron chi connectivity index (χ2n) is 7.11. The van der Waals surface area contributed by atoms with Crippen LogP contribution >= 0.6 is 11.3 Å². The molecule has 0 spiro atoms. The Morgan fingerprint density at radius 3 is 2.38 bits per heavy atom. The quantitative estimate of drug-likeness (QED) is 0.491. The van der Waals surface area contributed by atoms with E-state index in [2.05, 4.69) is 10.6 Å². The van der Waals surface area contributed by atoms with E-state index in [0.717, 1.165) is 11.1 Å². The molecule has 0 saturated heterocycles. The summed E-state index contributed by atoms with van der Waals surface area (Å²) < 4.78 is 31.6. The molecule has 2 N–H and O–H groups in total. The standard InChI is InChI=1S/C23H24N2O5S2/c1-16-8-10-19(11-9-16)32(28,29)21(20-7-4-12-31-20)15-25-23(27)22(26)24-14-17-5-3-6-18(13-17)30-2/h3-13,21H,14-15H2,1-2H3,(H,24,26)(H,25,27)/t21-/m0/s1. The van der Waals surface area contributed by atoms with Gasteiger partial charge in [0, 0.05) is 18.0 Å². The molecule has 0 fully saturated rings. The van der Waals surface area contributed by atoms with Gasteiger partial charge in [0.15, 0.2) is 9.84 Å². The van der Waals surface area contributed by atoms with Crippen LogP contribution in [-0.4, -0.2) is 33.9 Å². The smallest absolute Gasteiger partial charge is 0.309 e. The van der Waals surface area contributed by atoms with Gasteiger partial charge in [-0.3, -0.25) is 9.59 Å². The van der Waals surface area contributed by atoms with Crippen LogP contribution in [0.4, 0.5) is 0 Å². The third-order valence-corrected chi connectivity index (χ3v) is 8.06. The SMILES string of the molecule is COc1cccc(CNC(=O)C(=O)NC[C@@H](c2cccs2)S(=O)(=O)c2ccc(C)cc2)c1. The lowest BCUT2D eigenvalue weighted by Gasteiger charge is -2.17. The summed E-state index contributed by atoms with van der Waals surface area (Å²) in [4.78, 5) is 25.3. The summed E-state index contributed by atoms with van der Waals surface area (Å²) in [6.07, 6.45) is 0. The Labute approximate surface area is 191 Å². The highest BCUT2D eigenvalue weighted by molar-refractivity contribution is 7.91. The number of thiophene rings is 1. The van der Waals surface area contributed by atoms with Gasteiger partial charge in [0.2, 0.25) is 0 Å². The molecule has 2 amide bonds. The fourth-order valence-corrected chi connectivity index (χ4v) is 5.82. The molecule has 9 heteroatoms. The summed E-state index contributed by atoms with van der Waals surface area (Å²) in [5, 5.41) is 5.77. The van der Waals surface area contributed by atoms with Crippen LogP contribution in [0.3, 0.4) is 0 Å². The van der Waals surface area contributed by atoms with Crippen LogP contribution in [0.2, 0.25) is 0 Å². The average molecular weight is 473 g/mol. The van der Waals surface area contributed by atoms with E-state index in [1.165, 1.54) is 11.3 Å². The molecule has 168 valence electrons. The average Bonchev–Trinajstić information content (AvgIpc) is 3.32. The maximum absolute atomic E-state index is 13.2. The van der Waals surface area contributed by atoms with Gasteiger partial charge in [0.25, 0.3) is 0 Å². The summed E-state index contributed by atoms with van der Waals surface area (Å²) in [7, 11) is -2.23. The molecule has 32 heavy (non-hydrogen) atoms. The van der Waals surface area contributed by atoms with Crippen molar-refractivity contribution >= 4 is 33.0 Å². The first-order valence-electron chi connectivity index (χ1n) is 9.84. The first-order valence-corrected chi connectivity index (χ1v) is 12.3. The van der Waals surface area contributed by atoms with Crippen LogP contribution in [0.1, 0.15) is 21.3 Å². The van der Waals surface area contributed by atoms with E-state index < -0.39 is 26.9 Å². The van der Waals surface area contributed by atoms with Gasteiger partial charge in [0.1, 0.15) is 11.0 Å². The molecule has 3 aromatic rings. The predicted molar refractivity (Wildman–Crippen MR) is 123 cm³/mol. The molecule has 1 aromatic heterocycles. The second-order valence-corrected chi connectivity index (χ2v) is 10.2. The molecular formula is C23H24N2O5S2. The Morgan fingerprint density at radius 2 is 1.72 bits per heavy atom. The molecule has 3 rings (SSSR count). The Bertz CT molecular complexity index is 1170. The number of nitrogens with one attached hydrogen (secondary N) is 2. The number of methoxy groups -OCH3 is 1. The zero-order chi connectivity index (χ0) is 23.1. The van der Waals surface area contributed by atoms with E-state index >= 15 is 0 Å². The Balaban J connectivity index is 1.67. The lowest BCUT2D eigenvalue weighted by atomic mass is 10.2. The van der Waals surface area contributed by atoms with E-state index in [0.29, 0.717) is 10.6 Å². The molecule has 7 nitrogen and oxygen atoms in total. The van der Waals surface area contributed by atoms with Crippen molar-refractivity contribution in [2.75, 3.05) is 13.7 Å². The molecule has 0 aliphatic carbocycles. The molecule has 0 unspecified atom stereocenters. The molecule has 0 saturated carbocycles. The number of benzene rings is 2. The second kappa shape index (κ2) is 10.4. The molecule has 1 atom stereocenters. The van der Waals surface area contributed by atoms with Crippen molar-refractivity contribution < 1.29 is 22.7 Å². The third kappa shape index (κ3) is 5.74. The number of hydrogen-bond acceptors (Lipinski definition) is 6. The number of carbonyl (C=O) groups is 2. The van der Waals surface area contributed by atoms with Crippen LogP contribution < -0.4 is 15.4 Å². The van der Waals surface area contributed by atoms with E-state index in [4.69, 9.17) is 4.74 Å². The van der Waals surface area contributed by atoms with Crippen molar-refractivity contribution in [2.24, 2.45) is 0 Å². The summed E-state index contributed by atoms with van der Waals surface area (Å²) in [5.41, 5.74) is 1.71. The first-order chi connectivity index (χ1) is 15.3. The van der Waals surface area contributed by atoms with Gasteiger partial charge in [-0.1, -0.05) is 35.9 Å². The van der Waals surface area contributed by atoms with Crippen LogP contribution in [0, 0.1) is 6.92 Å². The number of aryl methyl sites for hydroxylation is 1. The van der Waals surface area contributed by atoms with E-state index in [1.807, 2.05) is 6.92 Å². The van der Waals surface area contributed by atoms with Crippen molar-refractivity contribution in [3.63, 3.8) is 0 Å². The number of ether oxygens (including phenoxy) is 1. The summed E-state index contributed by atoms with van der Waals surface area (Å²) in [5.74, 6) is -1.10. The molecule has 0 aliphatic heterocycles. The Kier molecular flexibility index (Phi) is 7.66. The lowest BCUT2D eigenvalue weighted by molar-refractivity contribution is -0.139. The molecule has 0 bridgehead atoms. The summed E-state index contributed by atoms with van der Waals surface area (Å²) in [6.45, 7) is 1.79. The van der Waals surface area contributed by atoms with Gasteiger partial charge in [0.05, 0.1) is 12.0 Å². The van der Waals surface area contributed by atoms with Crippen LogP contribution in [-0.2, 0) is 26.0 Å². The number of amides is 2. The number of sulfone groups is 1. The summed E-state index contributed by atoms with van der Waals surface area (Å²) in [6, 6.07) is 17.1. The minimum Gasteiger partial charge on any atom is -0.497 e. The van der Waals surface area contributed by atoms with Crippen molar-refractivity contribution in [1.29, 1.82) is 0 Å². The van der Waals surface area contributed by atoms with Gasteiger partial charge < -0.3 is 15.4 Å².